The molecule has 0 saturated carbocycles. The van der Waals surface area contributed by atoms with Gasteiger partial charge in [-0.25, -0.2) is 0 Å². The third kappa shape index (κ3) is 2.44. The van der Waals surface area contributed by atoms with E-state index in [0.717, 1.165) is 25.9 Å². The molecule has 3 nitrogen and oxygen atoms in total. The number of rotatable bonds is 3. The van der Waals surface area contributed by atoms with Crippen LogP contribution in [0.4, 0.5) is 0 Å². The summed E-state index contributed by atoms with van der Waals surface area (Å²) in [6.07, 6.45) is 1.57. The molecule has 1 fully saturated rings. The quantitative estimate of drug-likeness (QED) is 0.881. The number of hydrogen-bond donors (Lipinski definition) is 1. The third-order valence-electron chi connectivity index (χ3n) is 3.38. The summed E-state index contributed by atoms with van der Waals surface area (Å²) < 4.78 is 0. The molecule has 0 aliphatic carbocycles. The van der Waals surface area contributed by atoms with Crippen molar-refractivity contribution in [1.29, 1.82) is 0 Å². The molecule has 0 aromatic carbocycles. The Balaban J connectivity index is 1.92. The summed E-state index contributed by atoms with van der Waals surface area (Å²) >= 11 is 1.77. The zero-order valence-corrected chi connectivity index (χ0v) is 10.2. The highest BCUT2D eigenvalue weighted by atomic mass is 32.1. The summed E-state index contributed by atoms with van der Waals surface area (Å²) in [6.45, 7) is 4.00. The van der Waals surface area contributed by atoms with E-state index >= 15 is 0 Å². The Kier molecular flexibility index (Phi) is 3.61. The van der Waals surface area contributed by atoms with E-state index in [1.807, 2.05) is 0 Å². The number of carbonyl (C=O) groups is 1. The molecule has 0 amide bonds. The number of likely N-dealkylation sites (tertiary alicyclic amines) is 1. The van der Waals surface area contributed by atoms with Crippen molar-refractivity contribution in [2.75, 3.05) is 13.1 Å². The van der Waals surface area contributed by atoms with Crippen molar-refractivity contribution in [2.45, 2.75) is 25.8 Å². The summed E-state index contributed by atoms with van der Waals surface area (Å²) in [5, 5.41) is 11.0. The van der Waals surface area contributed by atoms with Crippen molar-refractivity contribution in [3.63, 3.8) is 0 Å². The molecule has 1 aromatic heterocycles. The van der Waals surface area contributed by atoms with E-state index in [9.17, 15) is 4.79 Å². The molecular formula is C12H17NO2S. The van der Waals surface area contributed by atoms with Crippen molar-refractivity contribution in [3.8, 4) is 0 Å². The maximum absolute atomic E-state index is 10.8. The van der Waals surface area contributed by atoms with Gasteiger partial charge in [0.05, 0.1) is 5.92 Å². The first-order chi connectivity index (χ1) is 7.68. The Morgan fingerprint density at radius 3 is 2.75 bits per heavy atom. The molecule has 1 saturated heterocycles. The molecule has 1 atom stereocenters. The fourth-order valence-electron chi connectivity index (χ4n) is 2.24. The molecule has 0 unspecified atom stereocenters. The first kappa shape index (κ1) is 11.6. The number of thiophene rings is 1. The Labute approximate surface area is 99.7 Å². The lowest BCUT2D eigenvalue weighted by atomic mass is 9.96. The van der Waals surface area contributed by atoms with Crippen molar-refractivity contribution in [2.24, 2.45) is 5.92 Å². The lowest BCUT2D eigenvalue weighted by Gasteiger charge is -2.34. The average Bonchev–Trinajstić information content (AvgIpc) is 2.81. The van der Waals surface area contributed by atoms with E-state index in [1.54, 1.807) is 11.3 Å². The number of aliphatic carboxylic acids is 1. The Morgan fingerprint density at radius 2 is 2.25 bits per heavy atom. The van der Waals surface area contributed by atoms with Crippen LogP contribution in [-0.4, -0.2) is 29.1 Å². The number of carboxylic acids is 1. The summed E-state index contributed by atoms with van der Waals surface area (Å²) in [5.74, 6) is -0.768. The molecule has 1 aromatic rings. The van der Waals surface area contributed by atoms with Crippen molar-refractivity contribution in [1.82, 2.24) is 4.90 Å². The minimum absolute atomic E-state index is 0.133. The van der Waals surface area contributed by atoms with Crippen LogP contribution in [-0.2, 0) is 4.79 Å². The van der Waals surface area contributed by atoms with Gasteiger partial charge >= 0.3 is 5.97 Å². The highest BCUT2D eigenvalue weighted by molar-refractivity contribution is 7.10. The van der Waals surface area contributed by atoms with Crippen LogP contribution in [0.2, 0.25) is 0 Å². The van der Waals surface area contributed by atoms with E-state index in [4.69, 9.17) is 5.11 Å². The van der Waals surface area contributed by atoms with Gasteiger partial charge in [0.15, 0.2) is 0 Å². The highest BCUT2D eigenvalue weighted by Gasteiger charge is 2.27. The lowest BCUT2D eigenvalue weighted by Crippen LogP contribution is -2.37. The molecule has 88 valence electrons. The largest absolute Gasteiger partial charge is 0.481 e. The zero-order chi connectivity index (χ0) is 11.5. The molecule has 2 heterocycles. The molecule has 1 aliphatic rings. The van der Waals surface area contributed by atoms with Crippen LogP contribution in [0.5, 0.6) is 0 Å². The fraction of sp³-hybridized carbons (Fsp3) is 0.583. The Hall–Kier alpha value is -0.870. The summed E-state index contributed by atoms with van der Waals surface area (Å²) in [4.78, 5) is 14.6. The van der Waals surface area contributed by atoms with E-state index in [2.05, 4.69) is 29.3 Å². The number of piperidine rings is 1. The minimum Gasteiger partial charge on any atom is -0.481 e. The second kappa shape index (κ2) is 4.97. The van der Waals surface area contributed by atoms with E-state index in [-0.39, 0.29) is 5.92 Å². The van der Waals surface area contributed by atoms with Gasteiger partial charge in [0.1, 0.15) is 0 Å². The first-order valence-electron chi connectivity index (χ1n) is 5.68. The van der Waals surface area contributed by atoms with E-state index in [1.165, 1.54) is 4.88 Å². The van der Waals surface area contributed by atoms with Gasteiger partial charge in [0.2, 0.25) is 0 Å². The van der Waals surface area contributed by atoms with Crippen LogP contribution in [0.15, 0.2) is 17.5 Å². The molecule has 0 radical (unpaired) electrons. The van der Waals surface area contributed by atoms with Crippen LogP contribution in [0.25, 0.3) is 0 Å². The summed E-state index contributed by atoms with van der Waals surface area (Å²) in [6, 6.07) is 4.65. The van der Waals surface area contributed by atoms with Gasteiger partial charge in [-0.05, 0) is 44.3 Å². The average molecular weight is 239 g/mol. The summed E-state index contributed by atoms with van der Waals surface area (Å²) in [7, 11) is 0. The van der Waals surface area contributed by atoms with Crippen LogP contribution < -0.4 is 0 Å². The zero-order valence-electron chi connectivity index (χ0n) is 9.43. The molecule has 1 N–H and O–H groups in total. The second-order valence-electron chi connectivity index (χ2n) is 4.34. The number of hydrogen-bond acceptors (Lipinski definition) is 3. The second-order valence-corrected chi connectivity index (χ2v) is 5.32. The Bertz CT molecular complexity index is 342. The molecule has 1 aliphatic heterocycles. The van der Waals surface area contributed by atoms with Crippen molar-refractivity contribution < 1.29 is 9.90 Å². The maximum Gasteiger partial charge on any atom is 0.306 e. The molecular weight excluding hydrogens is 222 g/mol. The topological polar surface area (TPSA) is 40.5 Å². The van der Waals surface area contributed by atoms with Gasteiger partial charge in [-0.2, -0.15) is 0 Å². The first-order valence-corrected chi connectivity index (χ1v) is 6.56. The van der Waals surface area contributed by atoms with Gasteiger partial charge < -0.3 is 5.11 Å². The van der Waals surface area contributed by atoms with Gasteiger partial charge in [-0.3, -0.25) is 9.69 Å². The summed E-state index contributed by atoms with van der Waals surface area (Å²) in [5.41, 5.74) is 0. The van der Waals surface area contributed by atoms with Gasteiger partial charge in [0, 0.05) is 10.9 Å². The van der Waals surface area contributed by atoms with E-state index < -0.39 is 5.97 Å². The number of nitrogens with zero attached hydrogens (tertiary/aromatic N) is 1. The van der Waals surface area contributed by atoms with Gasteiger partial charge in [0.25, 0.3) is 0 Å². The maximum atomic E-state index is 10.8. The highest BCUT2D eigenvalue weighted by Crippen LogP contribution is 2.28. The normalized spacial score (nSPS) is 20.8. The van der Waals surface area contributed by atoms with E-state index in [0.29, 0.717) is 6.04 Å². The molecule has 4 heteroatoms. The third-order valence-corrected chi connectivity index (χ3v) is 4.42. The fourth-order valence-corrected chi connectivity index (χ4v) is 3.06. The molecule has 0 spiro atoms. The minimum atomic E-state index is -0.636. The van der Waals surface area contributed by atoms with Gasteiger partial charge in [-0.15, -0.1) is 11.3 Å². The lowest BCUT2D eigenvalue weighted by molar-refractivity contribution is -0.143. The Morgan fingerprint density at radius 1 is 1.56 bits per heavy atom. The predicted octanol–water partition coefficient (Wildman–Crippen LogP) is 2.61. The smallest absolute Gasteiger partial charge is 0.306 e. The SMILES string of the molecule is C[C@H](c1cccs1)N1CCC(C(=O)O)CC1. The van der Waals surface area contributed by atoms with Gasteiger partial charge in [-0.1, -0.05) is 6.07 Å². The molecule has 16 heavy (non-hydrogen) atoms. The van der Waals surface area contributed by atoms with Crippen LogP contribution >= 0.6 is 11.3 Å². The van der Waals surface area contributed by atoms with Crippen LogP contribution in [0, 0.1) is 5.92 Å². The van der Waals surface area contributed by atoms with Crippen molar-refractivity contribution in [3.05, 3.63) is 22.4 Å². The molecule has 0 bridgehead atoms. The van der Waals surface area contributed by atoms with Crippen LogP contribution in [0.1, 0.15) is 30.7 Å². The molecule has 2 rings (SSSR count). The van der Waals surface area contributed by atoms with Crippen molar-refractivity contribution >= 4 is 17.3 Å². The predicted molar refractivity (Wildman–Crippen MR) is 64.7 cm³/mol. The monoisotopic (exact) mass is 239 g/mol. The number of carboxylic acid groups (broad SMARTS) is 1. The standard InChI is InChI=1S/C12H17NO2S/c1-9(11-3-2-8-16-11)13-6-4-10(5-7-13)12(14)15/h2-3,8-10H,4-7H2,1H3,(H,14,15)/t9-/m1/s1. The van der Waals surface area contributed by atoms with Crippen LogP contribution in [0.3, 0.4) is 0 Å².